The molecule has 0 radical (unpaired) electrons. The van der Waals surface area contributed by atoms with Gasteiger partial charge in [-0.1, -0.05) is 31.1 Å². The zero-order chi connectivity index (χ0) is 13.8. The van der Waals surface area contributed by atoms with Gasteiger partial charge in [0.2, 0.25) is 0 Å². The van der Waals surface area contributed by atoms with Gasteiger partial charge in [-0.25, -0.2) is 4.39 Å². The molecule has 2 aromatic rings. The predicted molar refractivity (Wildman–Crippen MR) is 73.2 cm³/mol. The Kier molecular flexibility index (Phi) is 4.32. The van der Waals surface area contributed by atoms with Crippen LogP contribution in [-0.4, -0.2) is 11.7 Å². The van der Waals surface area contributed by atoms with Gasteiger partial charge >= 0.3 is 0 Å². The van der Waals surface area contributed by atoms with Crippen molar-refractivity contribution >= 4 is 0 Å². The zero-order valence-electron chi connectivity index (χ0n) is 11.5. The van der Waals surface area contributed by atoms with Crippen molar-refractivity contribution in [3.8, 4) is 11.3 Å². The third-order valence-corrected chi connectivity index (χ3v) is 2.87. The fourth-order valence-corrected chi connectivity index (χ4v) is 1.77. The van der Waals surface area contributed by atoms with Crippen molar-refractivity contribution in [2.45, 2.75) is 27.3 Å². The normalized spacial score (nSPS) is 11.2. The van der Waals surface area contributed by atoms with E-state index in [0.717, 1.165) is 12.2 Å². The van der Waals surface area contributed by atoms with Crippen molar-refractivity contribution in [2.75, 3.05) is 6.54 Å². The Labute approximate surface area is 112 Å². The number of hydrogen-bond acceptors (Lipinski definition) is 3. The van der Waals surface area contributed by atoms with Gasteiger partial charge in [-0.2, -0.15) is 0 Å². The average Bonchev–Trinajstić information content (AvgIpc) is 2.81. The number of aryl methyl sites for hydroxylation is 1. The summed E-state index contributed by atoms with van der Waals surface area (Å²) in [5.74, 6) is 0.964. The SMILES string of the molecule is Cc1ccc(-c2cc(CNCC(C)C)no2)cc1F. The van der Waals surface area contributed by atoms with Crippen molar-refractivity contribution in [1.29, 1.82) is 0 Å². The van der Waals surface area contributed by atoms with E-state index in [0.29, 0.717) is 29.3 Å². The molecule has 19 heavy (non-hydrogen) atoms. The number of halogens is 1. The molecule has 0 atom stereocenters. The van der Waals surface area contributed by atoms with E-state index in [1.807, 2.05) is 12.1 Å². The van der Waals surface area contributed by atoms with Gasteiger partial charge in [-0.3, -0.25) is 0 Å². The molecule has 1 heterocycles. The van der Waals surface area contributed by atoms with Crippen LogP contribution in [0.4, 0.5) is 4.39 Å². The Bertz CT molecular complexity index is 549. The maximum absolute atomic E-state index is 13.5. The first kappa shape index (κ1) is 13.7. The second-order valence-electron chi connectivity index (χ2n) is 5.17. The van der Waals surface area contributed by atoms with Crippen LogP contribution in [0.1, 0.15) is 25.1 Å². The summed E-state index contributed by atoms with van der Waals surface area (Å²) in [4.78, 5) is 0. The summed E-state index contributed by atoms with van der Waals surface area (Å²) in [6.07, 6.45) is 0. The van der Waals surface area contributed by atoms with Crippen LogP contribution in [0.25, 0.3) is 11.3 Å². The van der Waals surface area contributed by atoms with Crippen LogP contribution in [0.15, 0.2) is 28.8 Å². The molecular formula is C15H19FN2O. The number of nitrogens with one attached hydrogen (secondary N) is 1. The molecule has 0 bridgehead atoms. The molecule has 1 aromatic carbocycles. The summed E-state index contributed by atoms with van der Waals surface area (Å²) < 4.78 is 18.7. The highest BCUT2D eigenvalue weighted by Gasteiger charge is 2.08. The Balaban J connectivity index is 2.05. The van der Waals surface area contributed by atoms with Crippen molar-refractivity contribution in [3.05, 3.63) is 41.3 Å². The van der Waals surface area contributed by atoms with Crippen LogP contribution in [-0.2, 0) is 6.54 Å². The van der Waals surface area contributed by atoms with Crippen LogP contribution in [0.3, 0.4) is 0 Å². The summed E-state index contributed by atoms with van der Waals surface area (Å²) in [5.41, 5.74) is 2.17. The number of aromatic nitrogens is 1. The lowest BCUT2D eigenvalue weighted by molar-refractivity contribution is 0.417. The van der Waals surface area contributed by atoms with Crippen molar-refractivity contribution in [2.24, 2.45) is 5.92 Å². The topological polar surface area (TPSA) is 38.1 Å². The molecule has 0 unspecified atom stereocenters. The van der Waals surface area contributed by atoms with E-state index < -0.39 is 0 Å². The number of rotatable bonds is 5. The van der Waals surface area contributed by atoms with Gasteiger partial charge in [-0.05, 0) is 31.0 Å². The molecule has 0 fully saturated rings. The van der Waals surface area contributed by atoms with Gasteiger partial charge in [0, 0.05) is 18.2 Å². The molecule has 0 spiro atoms. The third-order valence-electron chi connectivity index (χ3n) is 2.87. The van der Waals surface area contributed by atoms with Crippen LogP contribution < -0.4 is 5.32 Å². The van der Waals surface area contributed by atoms with E-state index in [1.165, 1.54) is 6.07 Å². The molecule has 0 amide bonds. The summed E-state index contributed by atoms with van der Waals surface area (Å²) in [6, 6.07) is 6.90. The Morgan fingerprint density at radius 2 is 2.11 bits per heavy atom. The summed E-state index contributed by atoms with van der Waals surface area (Å²) >= 11 is 0. The highest BCUT2D eigenvalue weighted by atomic mass is 19.1. The van der Waals surface area contributed by atoms with E-state index in [2.05, 4.69) is 24.3 Å². The van der Waals surface area contributed by atoms with Gasteiger partial charge in [0.05, 0.1) is 5.69 Å². The second-order valence-corrected chi connectivity index (χ2v) is 5.17. The molecule has 1 aromatic heterocycles. The lowest BCUT2D eigenvalue weighted by Gasteiger charge is -2.04. The summed E-state index contributed by atoms with van der Waals surface area (Å²) in [6.45, 7) is 7.63. The number of nitrogens with zero attached hydrogens (tertiary/aromatic N) is 1. The van der Waals surface area contributed by atoms with Crippen LogP contribution >= 0.6 is 0 Å². The Morgan fingerprint density at radius 1 is 1.32 bits per heavy atom. The number of benzene rings is 1. The van der Waals surface area contributed by atoms with Gasteiger partial charge in [0.15, 0.2) is 5.76 Å². The first-order valence-electron chi connectivity index (χ1n) is 6.49. The molecule has 0 aliphatic carbocycles. The van der Waals surface area contributed by atoms with Crippen LogP contribution in [0.5, 0.6) is 0 Å². The standard InChI is InChI=1S/C15H19FN2O/c1-10(2)8-17-9-13-7-15(19-18-13)12-5-4-11(3)14(16)6-12/h4-7,10,17H,8-9H2,1-3H3. The van der Waals surface area contributed by atoms with E-state index in [4.69, 9.17) is 4.52 Å². The minimum Gasteiger partial charge on any atom is -0.356 e. The van der Waals surface area contributed by atoms with Crippen LogP contribution in [0.2, 0.25) is 0 Å². The average molecular weight is 262 g/mol. The zero-order valence-corrected chi connectivity index (χ0v) is 11.5. The second kappa shape index (κ2) is 5.97. The van der Waals surface area contributed by atoms with E-state index in [1.54, 1.807) is 13.0 Å². The maximum Gasteiger partial charge on any atom is 0.167 e. The van der Waals surface area contributed by atoms with Crippen LogP contribution in [0, 0.1) is 18.7 Å². The fraction of sp³-hybridized carbons (Fsp3) is 0.400. The molecule has 1 N–H and O–H groups in total. The molecular weight excluding hydrogens is 243 g/mol. The Morgan fingerprint density at radius 3 is 2.79 bits per heavy atom. The summed E-state index contributed by atoms with van der Waals surface area (Å²) in [5, 5.41) is 7.27. The minimum atomic E-state index is -0.228. The molecule has 4 heteroatoms. The lowest BCUT2D eigenvalue weighted by Crippen LogP contribution is -2.18. The first-order valence-corrected chi connectivity index (χ1v) is 6.49. The molecule has 2 rings (SSSR count). The molecule has 3 nitrogen and oxygen atoms in total. The minimum absolute atomic E-state index is 0.228. The monoisotopic (exact) mass is 262 g/mol. The molecule has 0 saturated heterocycles. The quantitative estimate of drug-likeness (QED) is 0.895. The lowest BCUT2D eigenvalue weighted by atomic mass is 10.1. The van der Waals surface area contributed by atoms with Crippen molar-refractivity contribution < 1.29 is 8.91 Å². The van der Waals surface area contributed by atoms with E-state index in [-0.39, 0.29) is 5.82 Å². The maximum atomic E-state index is 13.5. The third kappa shape index (κ3) is 3.64. The van der Waals surface area contributed by atoms with Gasteiger partial charge in [0.25, 0.3) is 0 Å². The fourth-order valence-electron chi connectivity index (χ4n) is 1.77. The predicted octanol–water partition coefficient (Wildman–Crippen LogP) is 3.53. The van der Waals surface area contributed by atoms with Gasteiger partial charge in [-0.15, -0.1) is 0 Å². The molecule has 0 aliphatic heterocycles. The van der Waals surface area contributed by atoms with E-state index in [9.17, 15) is 4.39 Å². The first-order chi connectivity index (χ1) is 9.06. The largest absolute Gasteiger partial charge is 0.356 e. The van der Waals surface area contributed by atoms with Gasteiger partial charge < -0.3 is 9.84 Å². The van der Waals surface area contributed by atoms with Gasteiger partial charge in [0.1, 0.15) is 5.82 Å². The molecule has 0 saturated carbocycles. The highest BCUT2D eigenvalue weighted by molar-refractivity contribution is 5.57. The van der Waals surface area contributed by atoms with Crippen molar-refractivity contribution in [1.82, 2.24) is 10.5 Å². The van der Waals surface area contributed by atoms with E-state index >= 15 is 0 Å². The molecule has 102 valence electrons. The summed E-state index contributed by atoms with van der Waals surface area (Å²) in [7, 11) is 0. The molecule has 0 aliphatic rings. The van der Waals surface area contributed by atoms with Crippen molar-refractivity contribution in [3.63, 3.8) is 0 Å². The smallest absolute Gasteiger partial charge is 0.167 e. The highest BCUT2D eigenvalue weighted by Crippen LogP contribution is 2.22. The number of hydrogen-bond donors (Lipinski definition) is 1. The Hall–Kier alpha value is -1.68.